The average molecular weight is 227 g/mol. The summed E-state index contributed by atoms with van der Waals surface area (Å²) >= 11 is 0. The second-order valence-electron chi connectivity index (χ2n) is 6.49. The van der Waals surface area contributed by atoms with Crippen molar-refractivity contribution in [2.45, 2.75) is 26.3 Å². The monoisotopic (exact) mass is 227 g/mol. The standard InChI is InChI=1S/C13H29N3/c1-13(2)14-5-4-6-16-10-7-15(3,8-11-16)9-12-16/h13-14H,4-12H2,1-3H3/q+2. The molecular formula is C13H29N3+2. The summed E-state index contributed by atoms with van der Waals surface area (Å²) in [7, 11) is 2.44. The predicted molar refractivity (Wildman–Crippen MR) is 68.3 cm³/mol. The topological polar surface area (TPSA) is 12.0 Å². The number of hydrogen-bond acceptors (Lipinski definition) is 1. The third-order valence-electron chi connectivity index (χ3n) is 4.70. The van der Waals surface area contributed by atoms with E-state index in [1.165, 1.54) is 67.7 Å². The highest BCUT2D eigenvalue weighted by Crippen LogP contribution is 2.24. The van der Waals surface area contributed by atoms with Crippen LogP contribution in [-0.4, -0.2) is 74.4 Å². The molecule has 3 heteroatoms. The molecule has 0 atom stereocenters. The Labute approximate surface area is 101 Å². The lowest BCUT2D eigenvalue weighted by atomic mass is 10.1. The van der Waals surface area contributed by atoms with E-state index in [0.717, 1.165) is 0 Å². The minimum Gasteiger partial charge on any atom is -0.314 e. The minimum absolute atomic E-state index is 0.641. The molecule has 16 heavy (non-hydrogen) atoms. The van der Waals surface area contributed by atoms with Crippen molar-refractivity contribution < 1.29 is 8.97 Å². The molecule has 3 nitrogen and oxygen atoms in total. The van der Waals surface area contributed by atoms with Gasteiger partial charge in [0.25, 0.3) is 0 Å². The first-order chi connectivity index (χ1) is 7.54. The van der Waals surface area contributed by atoms with E-state index < -0.39 is 0 Å². The number of nitrogens with zero attached hydrogens (tertiary/aromatic N) is 2. The van der Waals surface area contributed by atoms with E-state index in [-0.39, 0.29) is 0 Å². The first kappa shape index (κ1) is 12.3. The average Bonchev–Trinajstić information content (AvgIpc) is 2.27. The summed E-state index contributed by atoms with van der Waals surface area (Å²) < 4.78 is 2.78. The van der Waals surface area contributed by atoms with Crippen molar-refractivity contribution in [3.05, 3.63) is 0 Å². The Kier molecular flexibility index (Phi) is 3.57. The van der Waals surface area contributed by atoms with Gasteiger partial charge in [-0.3, -0.25) is 0 Å². The van der Waals surface area contributed by atoms with E-state index in [0.29, 0.717) is 6.04 Å². The molecular weight excluding hydrogens is 198 g/mol. The summed E-state index contributed by atoms with van der Waals surface area (Å²) in [5, 5.41) is 3.53. The molecule has 0 amide bonds. The summed E-state index contributed by atoms with van der Waals surface area (Å²) in [6.07, 6.45) is 1.35. The lowest BCUT2D eigenvalue weighted by Crippen LogP contribution is -2.73. The molecule has 1 N–H and O–H groups in total. The lowest BCUT2D eigenvalue weighted by Gasteiger charge is -2.54. The van der Waals surface area contributed by atoms with E-state index in [2.05, 4.69) is 26.2 Å². The molecule has 3 aliphatic heterocycles. The highest BCUT2D eigenvalue weighted by atomic mass is 15.5. The van der Waals surface area contributed by atoms with Gasteiger partial charge in [-0.25, -0.2) is 0 Å². The van der Waals surface area contributed by atoms with E-state index in [1.54, 1.807) is 0 Å². The van der Waals surface area contributed by atoms with Crippen molar-refractivity contribution in [1.82, 2.24) is 5.32 Å². The molecule has 0 aliphatic carbocycles. The minimum atomic E-state index is 0.641. The summed E-state index contributed by atoms with van der Waals surface area (Å²) in [6.45, 7) is 15.6. The molecule has 94 valence electrons. The number of nitrogens with one attached hydrogen (secondary N) is 1. The van der Waals surface area contributed by atoms with E-state index in [4.69, 9.17) is 0 Å². The number of likely N-dealkylation sites (N-methyl/N-ethyl adjacent to an activating group) is 1. The molecule has 0 saturated carbocycles. The summed E-state index contributed by atoms with van der Waals surface area (Å²) in [5.74, 6) is 0. The molecule has 3 fully saturated rings. The quantitative estimate of drug-likeness (QED) is 0.538. The molecule has 0 aromatic carbocycles. The highest BCUT2D eigenvalue weighted by molar-refractivity contribution is 4.61. The maximum Gasteiger partial charge on any atom is 0.129 e. The van der Waals surface area contributed by atoms with Crippen LogP contribution < -0.4 is 5.32 Å². The summed E-state index contributed by atoms with van der Waals surface area (Å²) in [6, 6.07) is 0.641. The van der Waals surface area contributed by atoms with Gasteiger partial charge in [-0.15, -0.1) is 0 Å². The Balaban J connectivity index is 1.73. The van der Waals surface area contributed by atoms with E-state index in [9.17, 15) is 0 Å². The van der Waals surface area contributed by atoms with Gasteiger partial charge in [-0.2, -0.15) is 0 Å². The van der Waals surface area contributed by atoms with Crippen molar-refractivity contribution >= 4 is 0 Å². The molecule has 0 unspecified atom stereocenters. The summed E-state index contributed by atoms with van der Waals surface area (Å²) in [5.41, 5.74) is 0. The van der Waals surface area contributed by atoms with Crippen LogP contribution in [0.15, 0.2) is 0 Å². The fourth-order valence-corrected chi connectivity index (χ4v) is 3.17. The van der Waals surface area contributed by atoms with Gasteiger partial charge in [-0.05, 0) is 0 Å². The number of rotatable bonds is 5. The van der Waals surface area contributed by atoms with Gasteiger partial charge in [-0.1, -0.05) is 13.8 Å². The molecule has 3 rings (SSSR count). The Morgan fingerprint density at radius 3 is 2.06 bits per heavy atom. The first-order valence-corrected chi connectivity index (χ1v) is 6.96. The Morgan fingerprint density at radius 1 is 1.00 bits per heavy atom. The van der Waals surface area contributed by atoms with Gasteiger partial charge in [0, 0.05) is 19.0 Å². The Hall–Kier alpha value is -0.120. The van der Waals surface area contributed by atoms with Gasteiger partial charge in [0.05, 0.1) is 13.6 Å². The zero-order chi connectivity index (χ0) is 11.6. The Morgan fingerprint density at radius 2 is 1.56 bits per heavy atom. The van der Waals surface area contributed by atoms with E-state index >= 15 is 0 Å². The first-order valence-electron chi connectivity index (χ1n) is 6.96. The molecule has 0 aromatic heterocycles. The van der Waals surface area contributed by atoms with Crippen LogP contribution in [0.3, 0.4) is 0 Å². The third kappa shape index (κ3) is 2.76. The lowest BCUT2D eigenvalue weighted by molar-refractivity contribution is -1.07. The molecule has 3 heterocycles. The summed E-state index contributed by atoms with van der Waals surface area (Å²) in [4.78, 5) is 0. The number of piperazine rings is 3. The van der Waals surface area contributed by atoms with Gasteiger partial charge in [0.2, 0.25) is 0 Å². The van der Waals surface area contributed by atoms with Gasteiger partial charge >= 0.3 is 0 Å². The van der Waals surface area contributed by atoms with Crippen molar-refractivity contribution in [1.29, 1.82) is 0 Å². The zero-order valence-electron chi connectivity index (χ0n) is 11.3. The maximum absolute atomic E-state index is 3.53. The Bertz CT molecular complexity index is 213. The molecule has 3 saturated heterocycles. The third-order valence-corrected chi connectivity index (χ3v) is 4.70. The van der Waals surface area contributed by atoms with Crippen molar-refractivity contribution in [3.8, 4) is 0 Å². The molecule has 3 aliphatic rings. The smallest absolute Gasteiger partial charge is 0.129 e. The second-order valence-corrected chi connectivity index (χ2v) is 6.49. The van der Waals surface area contributed by atoms with Crippen molar-refractivity contribution in [2.24, 2.45) is 0 Å². The van der Waals surface area contributed by atoms with Crippen LogP contribution in [0.2, 0.25) is 0 Å². The zero-order valence-corrected chi connectivity index (χ0v) is 11.3. The maximum atomic E-state index is 3.53. The molecule has 0 aromatic rings. The van der Waals surface area contributed by atoms with E-state index in [1.807, 2.05) is 0 Å². The predicted octanol–water partition coefficient (Wildman–Crippen LogP) is 0.665. The van der Waals surface area contributed by atoms with Crippen LogP contribution in [0, 0.1) is 0 Å². The molecule has 0 radical (unpaired) electrons. The number of hydrogen-bond donors (Lipinski definition) is 1. The second kappa shape index (κ2) is 4.63. The van der Waals surface area contributed by atoms with Crippen LogP contribution in [0.5, 0.6) is 0 Å². The van der Waals surface area contributed by atoms with Crippen LogP contribution in [0.1, 0.15) is 20.3 Å². The van der Waals surface area contributed by atoms with Gasteiger partial charge in [0.1, 0.15) is 39.3 Å². The molecule has 0 spiro atoms. The largest absolute Gasteiger partial charge is 0.314 e. The van der Waals surface area contributed by atoms with Crippen molar-refractivity contribution in [2.75, 3.05) is 59.4 Å². The number of quaternary nitrogens is 2. The highest BCUT2D eigenvalue weighted by Gasteiger charge is 2.45. The number of fused-ring (bicyclic) bond motifs is 3. The molecule has 2 bridgehead atoms. The van der Waals surface area contributed by atoms with Gasteiger partial charge < -0.3 is 14.3 Å². The van der Waals surface area contributed by atoms with Crippen molar-refractivity contribution in [3.63, 3.8) is 0 Å². The van der Waals surface area contributed by atoms with Crippen LogP contribution in [0.4, 0.5) is 0 Å². The fourth-order valence-electron chi connectivity index (χ4n) is 3.17. The fraction of sp³-hybridized carbons (Fsp3) is 1.00. The van der Waals surface area contributed by atoms with Crippen LogP contribution >= 0.6 is 0 Å². The van der Waals surface area contributed by atoms with Gasteiger partial charge in [0.15, 0.2) is 0 Å². The normalized spacial score (nSPS) is 38.2. The van der Waals surface area contributed by atoms with Crippen LogP contribution in [0.25, 0.3) is 0 Å². The SMILES string of the molecule is CC(C)NCCC[N+]12CC[N+](C)(CC1)CC2. The van der Waals surface area contributed by atoms with Crippen LogP contribution in [-0.2, 0) is 0 Å².